The van der Waals surface area contributed by atoms with Gasteiger partial charge in [-0.3, -0.25) is 9.29 Å². The first-order valence-electron chi connectivity index (χ1n) is 5.43. The third-order valence-electron chi connectivity index (χ3n) is 3.00. The SMILES string of the molecule is CC1(C)CN(CCCF)C(C)(C)CN1. The topological polar surface area (TPSA) is 15.3 Å². The summed E-state index contributed by atoms with van der Waals surface area (Å²) in [5.41, 5.74) is 0.316. The normalized spacial score (nSPS) is 26.4. The predicted molar refractivity (Wildman–Crippen MR) is 58.3 cm³/mol. The summed E-state index contributed by atoms with van der Waals surface area (Å²) in [6, 6.07) is 0. The summed E-state index contributed by atoms with van der Waals surface area (Å²) in [4.78, 5) is 2.39. The molecule has 1 aliphatic rings. The van der Waals surface area contributed by atoms with Gasteiger partial charge in [-0.2, -0.15) is 0 Å². The first-order valence-corrected chi connectivity index (χ1v) is 5.43. The minimum atomic E-state index is -0.208. The maximum atomic E-state index is 12.2. The molecule has 1 saturated heterocycles. The number of hydrogen-bond donors (Lipinski definition) is 1. The summed E-state index contributed by atoms with van der Waals surface area (Å²) in [7, 11) is 0. The molecule has 1 N–H and O–H groups in total. The lowest BCUT2D eigenvalue weighted by molar-refractivity contribution is 0.0370. The molecule has 0 bridgehead atoms. The van der Waals surface area contributed by atoms with E-state index in [-0.39, 0.29) is 17.8 Å². The number of rotatable bonds is 3. The molecule has 0 unspecified atom stereocenters. The number of alkyl halides is 1. The lowest BCUT2D eigenvalue weighted by atomic mass is 9.91. The molecule has 0 aromatic rings. The van der Waals surface area contributed by atoms with Crippen molar-refractivity contribution in [2.75, 3.05) is 26.3 Å². The van der Waals surface area contributed by atoms with Crippen molar-refractivity contribution in [3.8, 4) is 0 Å². The molecule has 84 valence electrons. The highest BCUT2D eigenvalue weighted by molar-refractivity contribution is 4.97. The van der Waals surface area contributed by atoms with Crippen LogP contribution in [0.3, 0.4) is 0 Å². The van der Waals surface area contributed by atoms with Gasteiger partial charge in [-0.15, -0.1) is 0 Å². The lowest BCUT2D eigenvalue weighted by Gasteiger charge is -2.49. The summed E-state index contributed by atoms with van der Waals surface area (Å²) in [5, 5.41) is 3.52. The average molecular weight is 202 g/mol. The van der Waals surface area contributed by atoms with Gasteiger partial charge in [0.05, 0.1) is 6.67 Å². The van der Waals surface area contributed by atoms with E-state index in [4.69, 9.17) is 0 Å². The first-order chi connectivity index (χ1) is 6.37. The van der Waals surface area contributed by atoms with Crippen LogP contribution in [0.2, 0.25) is 0 Å². The second-order valence-electron chi connectivity index (χ2n) is 5.51. The zero-order valence-corrected chi connectivity index (χ0v) is 9.86. The Balaban J connectivity index is 2.57. The third-order valence-corrected chi connectivity index (χ3v) is 3.00. The number of hydrogen-bond acceptors (Lipinski definition) is 2. The Morgan fingerprint density at radius 3 is 2.50 bits per heavy atom. The van der Waals surface area contributed by atoms with Crippen LogP contribution in [0.15, 0.2) is 0 Å². The quantitative estimate of drug-likeness (QED) is 0.751. The Hall–Kier alpha value is -0.150. The zero-order chi connectivity index (χ0) is 10.8. The van der Waals surface area contributed by atoms with Crippen molar-refractivity contribution in [1.82, 2.24) is 10.2 Å². The van der Waals surface area contributed by atoms with Crippen molar-refractivity contribution >= 4 is 0 Å². The Morgan fingerprint density at radius 2 is 1.93 bits per heavy atom. The Morgan fingerprint density at radius 1 is 1.29 bits per heavy atom. The van der Waals surface area contributed by atoms with Gasteiger partial charge in [0.15, 0.2) is 0 Å². The van der Waals surface area contributed by atoms with Crippen molar-refractivity contribution in [3.05, 3.63) is 0 Å². The number of nitrogens with zero attached hydrogens (tertiary/aromatic N) is 1. The van der Waals surface area contributed by atoms with E-state index in [1.165, 1.54) is 0 Å². The van der Waals surface area contributed by atoms with E-state index in [2.05, 4.69) is 37.9 Å². The van der Waals surface area contributed by atoms with Gasteiger partial charge in [0.1, 0.15) is 0 Å². The predicted octanol–water partition coefficient (Wildman–Crippen LogP) is 1.81. The second-order valence-corrected chi connectivity index (χ2v) is 5.51. The van der Waals surface area contributed by atoms with Crippen molar-refractivity contribution in [3.63, 3.8) is 0 Å². The molecule has 14 heavy (non-hydrogen) atoms. The molecule has 0 radical (unpaired) electrons. The van der Waals surface area contributed by atoms with Crippen LogP contribution in [0.25, 0.3) is 0 Å². The van der Waals surface area contributed by atoms with E-state index in [1.807, 2.05) is 0 Å². The van der Waals surface area contributed by atoms with Gasteiger partial charge in [0.25, 0.3) is 0 Å². The van der Waals surface area contributed by atoms with Gasteiger partial charge < -0.3 is 5.32 Å². The van der Waals surface area contributed by atoms with Crippen LogP contribution in [-0.2, 0) is 0 Å². The Kier molecular flexibility index (Phi) is 3.53. The minimum Gasteiger partial charge on any atom is -0.309 e. The monoisotopic (exact) mass is 202 g/mol. The van der Waals surface area contributed by atoms with Crippen LogP contribution < -0.4 is 5.32 Å². The van der Waals surface area contributed by atoms with Crippen LogP contribution in [-0.4, -0.2) is 42.3 Å². The summed E-state index contributed by atoms with van der Waals surface area (Å²) in [6.45, 7) is 11.5. The molecule has 0 spiro atoms. The molecule has 0 aliphatic carbocycles. The highest BCUT2D eigenvalue weighted by Gasteiger charge is 2.36. The third kappa shape index (κ3) is 2.92. The van der Waals surface area contributed by atoms with E-state index in [0.717, 1.165) is 19.6 Å². The summed E-state index contributed by atoms with van der Waals surface area (Å²) in [5.74, 6) is 0. The van der Waals surface area contributed by atoms with Gasteiger partial charge in [0, 0.05) is 30.7 Å². The molecular formula is C11H23FN2. The van der Waals surface area contributed by atoms with Crippen LogP contribution in [0, 0.1) is 0 Å². The fourth-order valence-corrected chi connectivity index (χ4v) is 1.95. The van der Waals surface area contributed by atoms with Gasteiger partial charge in [-0.25, -0.2) is 0 Å². The van der Waals surface area contributed by atoms with E-state index in [1.54, 1.807) is 0 Å². The van der Waals surface area contributed by atoms with E-state index in [0.29, 0.717) is 6.42 Å². The maximum Gasteiger partial charge on any atom is 0.0906 e. The molecule has 3 heteroatoms. The van der Waals surface area contributed by atoms with Gasteiger partial charge in [0.2, 0.25) is 0 Å². The molecule has 0 amide bonds. The van der Waals surface area contributed by atoms with Crippen LogP contribution in [0.4, 0.5) is 4.39 Å². The van der Waals surface area contributed by atoms with Gasteiger partial charge >= 0.3 is 0 Å². The number of nitrogens with one attached hydrogen (secondary N) is 1. The smallest absolute Gasteiger partial charge is 0.0906 e. The number of piperazine rings is 1. The highest BCUT2D eigenvalue weighted by Crippen LogP contribution is 2.23. The summed E-state index contributed by atoms with van der Waals surface area (Å²) >= 11 is 0. The molecule has 0 atom stereocenters. The maximum absolute atomic E-state index is 12.2. The molecule has 1 fully saturated rings. The highest BCUT2D eigenvalue weighted by atomic mass is 19.1. The van der Waals surface area contributed by atoms with E-state index in [9.17, 15) is 4.39 Å². The largest absolute Gasteiger partial charge is 0.309 e. The van der Waals surface area contributed by atoms with Gasteiger partial charge in [-0.05, 0) is 34.1 Å². The summed E-state index contributed by atoms with van der Waals surface area (Å²) < 4.78 is 12.2. The van der Waals surface area contributed by atoms with E-state index < -0.39 is 0 Å². The van der Waals surface area contributed by atoms with Crippen molar-refractivity contribution in [2.24, 2.45) is 0 Å². The number of halogens is 1. The molecular weight excluding hydrogens is 179 g/mol. The molecule has 0 aromatic carbocycles. The molecule has 1 aliphatic heterocycles. The average Bonchev–Trinajstić information content (AvgIpc) is 2.07. The summed E-state index contributed by atoms with van der Waals surface area (Å²) in [6.07, 6.45) is 0.652. The van der Waals surface area contributed by atoms with Crippen molar-refractivity contribution in [2.45, 2.75) is 45.2 Å². The molecule has 1 heterocycles. The van der Waals surface area contributed by atoms with Gasteiger partial charge in [-0.1, -0.05) is 0 Å². The van der Waals surface area contributed by atoms with Crippen LogP contribution in [0.1, 0.15) is 34.1 Å². The van der Waals surface area contributed by atoms with Crippen LogP contribution in [0.5, 0.6) is 0 Å². The minimum absolute atomic E-state index is 0.157. The van der Waals surface area contributed by atoms with Crippen molar-refractivity contribution < 1.29 is 4.39 Å². The Bertz CT molecular complexity index is 190. The fraction of sp³-hybridized carbons (Fsp3) is 1.00. The van der Waals surface area contributed by atoms with E-state index >= 15 is 0 Å². The molecule has 0 saturated carbocycles. The zero-order valence-electron chi connectivity index (χ0n) is 9.86. The fourth-order valence-electron chi connectivity index (χ4n) is 1.95. The second kappa shape index (κ2) is 4.15. The first kappa shape index (κ1) is 11.9. The van der Waals surface area contributed by atoms with Crippen LogP contribution >= 0.6 is 0 Å². The lowest BCUT2D eigenvalue weighted by Crippen LogP contribution is -2.66. The molecule has 2 nitrogen and oxygen atoms in total. The van der Waals surface area contributed by atoms with Crippen molar-refractivity contribution in [1.29, 1.82) is 0 Å². The standard InChI is InChI=1S/C11H23FN2/c1-10(2)9-14(7-5-6-12)11(3,4)8-13-10/h13H,5-9H2,1-4H3. The molecule has 1 rings (SSSR count). The Labute approximate surface area is 86.9 Å². The molecule has 0 aromatic heterocycles.